The number of benzene rings is 2. The van der Waals surface area contributed by atoms with Crippen LogP contribution in [0.4, 0.5) is 4.39 Å². The Morgan fingerprint density at radius 3 is 2.34 bits per heavy atom. The lowest BCUT2D eigenvalue weighted by molar-refractivity contribution is 0.132. The molecule has 2 atom stereocenters. The molecule has 0 spiro atoms. The fourth-order valence-corrected chi connectivity index (χ4v) is 6.38. The van der Waals surface area contributed by atoms with Crippen LogP contribution < -0.4 is 0 Å². The van der Waals surface area contributed by atoms with E-state index in [1.807, 2.05) is 0 Å². The minimum absolute atomic E-state index is 0.115. The quantitative estimate of drug-likeness (QED) is 0.532. The minimum Gasteiger partial charge on any atom is -0.352 e. The maximum Gasteiger partial charge on any atom is 0.284 e. The van der Waals surface area contributed by atoms with Crippen molar-refractivity contribution in [2.45, 2.75) is 51.0 Å². The summed E-state index contributed by atoms with van der Waals surface area (Å²) in [5.41, 5.74) is 0.933. The third kappa shape index (κ3) is 4.08. The van der Waals surface area contributed by atoms with Crippen molar-refractivity contribution in [3.05, 3.63) is 66.0 Å². The van der Waals surface area contributed by atoms with Gasteiger partial charge in [-0.1, -0.05) is 39.0 Å². The highest BCUT2D eigenvalue weighted by Gasteiger charge is 2.50. The summed E-state index contributed by atoms with van der Waals surface area (Å²) in [6, 6.07) is 14.4. The van der Waals surface area contributed by atoms with Crippen molar-refractivity contribution >= 4 is 15.9 Å². The molecule has 2 aromatic carbocycles. The van der Waals surface area contributed by atoms with Gasteiger partial charge in [0.25, 0.3) is 10.0 Å². The summed E-state index contributed by atoms with van der Waals surface area (Å²) in [5, 5.41) is 0. The summed E-state index contributed by atoms with van der Waals surface area (Å²) in [6.45, 7) is 7.57. The second-order valence-corrected chi connectivity index (χ2v) is 11.2. The zero-order chi connectivity index (χ0) is 20.9. The van der Waals surface area contributed by atoms with Crippen LogP contribution in [0.1, 0.15) is 45.6 Å². The molecule has 2 aromatic rings. The molecule has 2 bridgehead atoms. The van der Waals surface area contributed by atoms with Crippen molar-refractivity contribution in [1.29, 1.82) is 0 Å². The Kier molecular flexibility index (Phi) is 4.80. The smallest absolute Gasteiger partial charge is 0.284 e. The van der Waals surface area contributed by atoms with E-state index in [1.54, 1.807) is 42.5 Å². The Morgan fingerprint density at radius 1 is 1.03 bits per heavy atom. The maximum absolute atomic E-state index is 13.5. The summed E-state index contributed by atoms with van der Waals surface area (Å²) in [6.07, 6.45) is 3.09. The lowest BCUT2D eigenvalue weighted by atomic mass is 9.65. The molecule has 1 heterocycles. The average molecular weight is 415 g/mol. The topological polar surface area (TPSA) is 49.7 Å². The Hall–Kier alpha value is -2.21. The first-order chi connectivity index (χ1) is 13.6. The standard InChI is InChI=1S/C23H27FN2O2S/c1-22(2)13-19-14-23(3,15-22)16-26(19)21(17-9-11-18(24)12-10-17)25-29(27,28)20-7-5-4-6-8-20/h4-12,19H,13-16H2,1-3H3/b25-21-. The predicted octanol–water partition coefficient (Wildman–Crippen LogP) is 4.86. The van der Waals surface area contributed by atoms with E-state index in [9.17, 15) is 12.8 Å². The van der Waals surface area contributed by atoms with Crippen LogP contribution in [0.15, 0.2) is 63.9 Å². The minimum atomic E-state index is -3.88. The Bertz CT molecular complexity index is 1030. The molecule has 2 unspecified atom stereocenters. The molecule has 4 nitrogen and oxygen atoms in total. The van der Waals surface area contributed by atoms with Crippen molar-refractivity contribution in [3.8, 4) is 0 Å². The second kappa shape index (κ2) is 6.94. The van der Waals surface area contributed by atoms with Crippen molar-refractivity contribution < 1.29 is 12.8 Å². The molecule has 4 rings (SSSR count). The third-order valence-electron chi connectivity index (χ3n) is 6.04. The van der Waals surface area contributed by atoms with Crippen molar-refractivity contribution in [1.82, 2.24) is 4.90 Å². The number of fused-ring (bicyclic) bond motifs is 2. The van der Waals surface area contributed by atoms with Gasteiger partial charge in [0.05, 0.1) is 4.90 Å². The number of amidine groups is 1. The van der Waals surface area contributed by atoms with E-state index in [0.717, 1.165) is 25.8 Å². The highest BCUT2D eigenvalue weighted by Crippen LogP contribution is 2.52. The first-order valence-electron chi connectivity index (χ1n) is 10.00. The third-order valence-corrected chi connectivity index (χ3v) is 7.32. The molecule has 1 aliphatic heterocycles. The number of sulfonamides is 1. The molecule has 1 aliphatic carbocycles. The molecule has 6 heteroatoms. The highest BCUT2D eigenvalue weighted by molar-refractivity contribution is 7.90. The molecule has 1 saturated carbocycles. The monoisotopic (exact) mass is 414 g/mol. The van der Waals surface area contributed by atoms with Gasteiger partial charge >= 0.3 is 0 Å². The Morgan fingerprint density at radius 2 is 1.69 bits per heavy atom. The number of hydrogen-bond acceptors (Lipinski definition) is 2. The first-order valence-corrected chi connectivity index (χ1v) is 11.4. The van der Waals surface area contributed by atoms with Gasteiger partial charge in [0, 0.05) is 18.2 Å². The number of nitrogens with zero attached hydrogens (tertiary/aromatic N) is 2. The van der Waals surface area contributed by atoms with Gasteiger partial charge < -0.3 is 4.90 Å². The molecular formula is C23H27FN2O2S. The van der Waals surface area contributed by atoms with Crippen LogP contribution in [0, 0.1) is 16.6 Å². The van der Waals surface area contributed by atoms with Gasteiger partial charge in [0.1, 0.15) is 11.7 Å². The molecule has 0 N–H and O–H groups in total. The van der Waals surface area contributed by atoms with Crippen LogP contribution >= 0.6 is 0 Å². The number of hydrogen-bond donors (Lipinski definition) is 0. The van der Waals surface area contributed by atoms with Crippen LogP contribution in [0.25, 0.3) is 0 Å². The Labute approximate surface area is 172 Å². The summed E-state index contributed by atoms with van der Waals surface area (Å²) < 4.78 is 43.9. The molecule has 0 amide bonds. The second-order valence-electron chi connectivity index (χ2n) is 9.55. The summed E-state index contributed by atoms with van der Waals surface area (Å²) in [7, 11) is -3.88. The summed E-state index contributed by atoms with van der Waals surface area (Å²) in [4.78, 5) is 2.30. The Balaban J connectivity index is 1.81. The normalized spacial score (nSPS) is 26.6. The van der Waals surface area contributed by atoms with E-state index in [2.05, 4.69) is 30.1 Å². The van der Waals surface area contributed by atoms with Crippen LogP contribution in [0.2, 0.25) is 0 Å². The van der Waals surface area contributed by atoms with Gasteiger partial charge in [-0.25, -0.2) is 4.39 Å². The van der Waals surface area contributed by atoms with Gasteiger partial charge in [-0.15, -0.1) is 4.40 Å². The SMILES string of the molecule is CC1(C)CC2CC(C)(CN2/C(=N\S(=O)(=O)c2ccccc2)c2ccc(F)cc2)C1. The van der Waals surface area contributed by atoms with E-state index in [1.165, 1.54) is 12.1 Å². The van der Waals surface area contributed by atoms with Gasteiger partial charge in [-0.05, 0) is 66.5 Å². The fraction of sp³-hybridized carbons (Fsp3) is 0.435. The number of likely N-dealkylation sites (tertiary alicyclic amines) is 1. The molecule has 1 saturated heterocycles. The molecular weight excluding hydrogens is 387 g/mol. The summed E-state index contributed by atoms with van der Waals surface area (Å²) >= 11 is 0. The molecule has 2 aliphatic rings. The van der Waals surface area contributed by atoms with Crippen molar-refractivity contribution in [2.75, 3.05) is 6.54 Å². The molecule has 0 aromatic heterocycles. The molecule has 29 heavy (non-hydrogen) atoms. The van der Waals surface area contributed by atoms with Gasteiger partial charge in [0.2, 0.25) is 0 Å². The van der Waals surface area contributed by atoms with E-state index >= 15 is 0 Å². The van der Waals surface area contributed by atoms with Crippen LogP contribution in [-0.4, -0.2) is 31.7 Å². The highest BCUT2D eigenvalue weighted by atomic mass is 32.2. The molecule has 0 radical (unpaired) electrons. The van der Waals surface area contributed by atoms with Gasteiger partial charge in [-0.3, -0.25) is 0 Å². The predicted molar refractivity (Wildman–Crippen MR) is 113 cm³/mol. The first kappa shape index (κ1) is 20.1. The maximum atomic E-state index is 13.5. The number of halogens is 1. The summed E-state index contributed by atoms with van der Waals surface area (Å²) in [5.74, 6) is 0.0626. The molecule has 154 valence electrons. The lowest BCUT2D eigenvalue weighted by Gasteiger charge is -2.39. The van der Waals surface area contributed by atoms with E-state index in [0.29, 0.717) is 11.4 Å². The number of rotatable bonds is 3. The average Bonchev–Trinajstić information content (AvgIpc) is 2.90. The van der Waals surface area contributed by atoms with E-state index in [-0.39, 0.29) is 27.6 Å². The fourth-order valence-electron chi connectivity index (χ4n) is 5.34. The van der Waals surface area contributed by atoms with Crippen LogP contribution in [0.5, 0.6) is 0 Å². The largest absolute Gasteiger partial charge is 0.352 e. The zero-order valence-corrected chi connectivity index (χ0v) is 17.9. The van der Waals surface area contributed by atoms with E-state index < -0.39 is 10.0 Å². The molecule has 2 fully saturated rings. The van der Waals surface area contributed by atoms with Crippen LogP contribution in [-0.2, 0) is 10.0 Å². The van der Waals surface area contributed by atoms with Crippen molar-refractivity contribution in [3.63, 3.8) is 0 Å². The lowest BCUT2D eigenvalue weighted by Crippen LogP contribution is -2.38. The van der Waals surface area contributed by atoms with Crippen molar-refractivity contribution in [2.24, 2.45) is 15.2 Å². The van der Waals surface area contributed by atoms with E-state index in [4.69, 9.17) is 0 Å². The van der Waals surface area contributed by atoms with Crippen LogP contribution in [0.3, 0.4) is 0 Å². The van der Waals surface area contributed by atoms with Gasteiger partial charge in [-0.2, -0.15) is 8.42 Å². The zero-order valence-electron chi connectivity index (χ0n) is 17.1. The van der Waals surface area contributed by atoms with Gasteiger partial charge in [0.15, 0.2) is 0 Å².